The fraction of sp³-hybridized carbons (Fsp3) is 0. The first-order valence-corrected chi connectivity index (χ1v) is 35.3. The fourth-order valence-electron chi connectivity index (χ4n) is 15.5. The first-order chi connectivity index (χ1) is 44.7. The molecule has 0 spiro atoms. The van der Waals surface area contributed by atoms with Gasteiger partial charge in [-0.15, -0.1) is 0 Å². The van der Waals surface area contributed by atoms with Crippen molar-refractivity contribution in [1.29, 1.82) is 0 Å². The van der Waals surface area contributed by atoms with Crippen LogP contribution in [-0.4, -0.2) is 27.4 Å². The van der Waals surface area contributed by atoms with Gasteiger partial charge in [0.15, 0.2) is 16.1 Å². The van der Waals surface area contributed by atoms with Crippen molar-refractivity contribution < 1.29 is 0 Å². The third kappa shape index (κ3) is 8.33. The molecule has 17 rings (SSSR count). The summed E-state index contributed by atoms with van der Waals surface area (Å²) in [5.41, 5.74) is 16.4. The highest BCUT2D eigenvalue weighted by molar-refractivity contribution is 7.20. The van der Waals surface area contributed by atoms with Crippen molar-refractivity contribution in [3.63, 3.8) is 0 Å². The zero-order valence-electron chi connectivity index (χ0n) is 49.6. The maximum atomic E-state index is 2.65. The highest BCUT2D eigenvalue weighted by Gasteiger charge is 2.48. The molecule has 14 aromatic carbocycles. The van der Waals surface area contributed by atoms with Crippen molar-refractivity contribution in [2.24, 2.45) is 0 Å². The van der Waals surface area contributed by atoms with Crippen LogP contribution >= 0.6 is 0 Å². The van der Waals surface area contributed by atoms with Crippen molar-refractivity contribution in [2.45, 2.75) is 0 Å². The molecule has 0 saturated carbocycles. The van der Waals surface area contributed by atoms with Crippen molar-refractivity contribution >= 4 is 137 Å². The van der Waals surface area contributed by atoms with Gasteiger partial charge in [0, 0.05) is 44.9 Å². The van der Waals surface area contributed by atoms with Gasteiger partial charge in [0.2, 0.25) is 0 Å². The Bertz CT molecular complexity index is 4860. The summed E-state index contributed by atoms with van der Waals surface area (Å²) < 4.78 is 2.51. The second kappa shape index (κ2) is 22.0. The Morgan fingerprint density at radius 1 is 0.222 bits per heavy atom. The van der Waals surface area contributed by atoms with Gasteiger partial charge in [0.25, 0.3) is 6.71 Å². The van der Waals surface area contributed by atoms with Gasteiger partial charge in [-0.25, -0.2) is 0 Å². The number of nitrogens with zero attached hydrogens (tertiary/aromatic N) is 3. The zero-order chi connectivity index (χ0) is 59.6. The summed E-state index contributed by atoms with van der Waals surface area (Å²) in [4.78, 5) is 5.19. The summed E-state index contributed by atoms with van der Waals surface area (Å²) in [6.07, 6.45) is 0. The molecule has 15 aromatic rings. The third-order valence-electron chi connectivity index (χ3n) is 19.2. The van der Waals surface area contributed by atoms with Crippen molar-refractivity contribution in [1.82, 2.24) is 4.57 Å². The number of para-hydroxylation sites is 3. The number of hydrogen-bond donors (Lipinski definition) is 0. The molecule has 0 fully saturated rings. The Hall–Kier alpha value is -11.0. The van der Waals surface area contributed by atoms with E-state index in [1.807, 2.05) is 0 Å². The minimum atomic E-state index is -3.05. The van der Waals surface area contributed by atoms with E-state index in [1.54, 1.807) is 0 Å². The Balaban J connectivity index is 0.998. The van der Waals surface area contributed by atoms with Crippen molar-refractivity contribution in [3.8, 4) is 16.8 Å². The molecular weight excluding hydrogens is 1120 g/mol. The number of hydrogen-bond acceptors (Lipinski definition) is 2. The van der Waals surface area contributed by atoms with Gasteiger partial charge < -0.3 is 14.4 Å². The van der Waals surface area contributed by atoms with E-state index in [0.29, 0.717) is 0 Å². The van der Waals surface area contributed by atoms with Crippen molar-refractivity contribution in [3.05, 3.63) is 364 Å². The summed E-state index contributed by atoms with van der Waals surface area (Å²) in [5.74, 6) is 0. The molecule has 2 aliphatic rings. The van der Waals surface area contributed by atoms with Gasteiger partial charge in [0.1, 0.15) is 0 Å². The first kappa shape index (κ1) is 53.2. The summed E-state index contributed by atoms with van der Waals surface area (Å²) in [7, 11) is -5.95. The van der Waals surface area contributed by atoms with Gasteiger partial charge >= 0.3 is 0 Å². The van der Waals surface area contributed by atoms with Crippen molar-refractivity contribution in [2.75, 3.05) is 9.80 Å². The van der Waals surface area contributed by atoms with Gasteiger partial charge in [-0.2, -0.15) is 0 Å². The Morgan fingerprint density at radius 2 is 0.589 bits per heavy atom. The normalized spacial score (nSPS) is 12.6. The average molecular weight is 1180 g/mol. The Kier molecular flexibility index (Phi) is 13.0. The molecule has 0 N–H and O–H groups in total. The van der Waals surface area contributed by atoms with E-state index in [9.17, 15) is 0 Å². The first-order valence-electron chi connectivity index (χ1n) is 31.3. The molecule has 0 bridgehead atoms. The molecule has 0 radical (unpaired) electrons. The van der Waals surface area contributed by atoms with Crippen LogP contribution in [0.15, 0.2) is 364 Å². The number of anilines is 6. The van der Waals surface area contributed by atoms with Gasteiger partial charge in [0.05, 0.1) is 16.7 Å². The summed E-state index contributed by atoms with van der Waals surface area (Å²) in [5, 5.41) is 13.2. The Labute approximate surface area is 528 Å². The molecule has 90 heavy (non-hydrogen) atoms. The molecule has 6 heteroatoms. The van der Waals surface area contributed by atoms with Crippen LogP contribution in [0.5, 0.6) is 0 Å². The van der Waals surface area contributed by atoms with Crippen LogP contribution < -0.4 is 67.7 Å². The molecule has 0 saturated heterocycles. The van der Waals surface area contributed by atoms with Crippen LogP contribution in [0.4, 0.5) is 34.1 Å². The quantitative estimate of drug-likeness (QED) is 0.0892. The maximum absolute atomic E-state index is 3.05. The summed E-state index contributed by atoms with van der Waals surface area (Å²) in [6, 6.07) is 138. The van der Waals surface area contributed by atoms with E-state index < -0.39 is 16.1 Å². The molecule has 0 amide bonds. The number of rotatable bonds is 12. The molecule has 0 atom stereocenters. The molecular formula is C84H60BN3Si2. The van der Waals surface area contributed by atoms with E-state index in [4.69, 9.17) is 0 Å². The lowest BCUT2D eigenvalue weighted by Crippen LogP contribution is -2.75. The maximum Gasteiger partial charge on any atom is 0.252 e. The monoisotopic (exact) mass is 1180 g/mol. The topological polar surface area (TPSA) is 11.4 Å². The predicted molar refractivity (Wildman–Crippen MR) is 387 cm³/mol. The van der Waals surface area contributed by atoms with Crippen LogP contribution in [0.2, 0.25) is 0 Å². The van der Waals surface area contributed by atoms with E-state index in [0.717, 1.165) is 34.1 Å². The van der Waals surface area contributed by atoms with E-state index in [-0.39, 0.29) is 6.71 Å². The number of fused-ring (bicyclic) bond motifs is 7. The van der Waals surface area contributed by atoms with Gasteiger partial charge in [-0.3, -0.25) is 0 Å². The van der Waals surface area contributed by atoms with Crippen LogP contribution in [0.25, 0.3) is 38.6 Å². The molecule has 1 aromatic heterocycles. The van der Waals surface area contributed by atoms with Crippen LogP contribution in [0.3, 0.4) is 0 Å². The highest BCUT2D eigenvalue weighted by Crippen LogP contribution is 2.47. The average Bonchev–Trinajstić information content (AvgIpc) is 1.04. The van der Waals surface area contributed by atoms with E-state index in [2.05, 4.69) is 378 Å². The lowest BCUT2D eigenvalue weighted by molar-refractivity contribution is 1.16. The fourth-order valence-corrected chi connectivity index (χ4v) is 25.0. The predicted octanol–water partition coefficient (Wildman–Crippen LogP) is 13.3. The Morgan fingerprint density at radius 3 is 1.06 bits per heavy atom. The molecule has 3 heterocycles. The van der Waals surface area contributed by atoms with Crippen LogP contribution in [0, 0.1) is 0 Å². The lowest BCUT2D eigenvalue weighted by Gasteiger charge is -2.45. The van der Waals surface area contributed by atoms with Gasteiger partial charge in [-0.1, -0.05) is 303 Å². The smallest absolute Gasteiger partial charge is 0.252 e. The zero-order valence-corrected chi connectivity index (χ0v) is 51.6. The molecule has 2 aliphatic heterocycles. The molecule has 0 unspecified atom stereocenters. The minimum Gasteiger partial charge on any atom is -0.311 e. The second-order valence-corrected chi connectivity index (χ2v) is 31.5. The summed E-state index contributed by atoms with van der Waals surface area (Å²) in [6.45, 7) is -0.171. The molecule has 422 valence electrons. The van der Waals surface area contributed by atoms with E-state index in [1.165, 1.54) is 96.5 Å². The number of aromatic nitrogens is 1. The largest absolute Gasteiger partial charge is 0.311 e. The van der Waals surface area contributed by atoms with Crippen LogP contribution in [-0.2, 0) is 0 Å². The molecule has 0 aliphatic carbocycles. The SMILES string of the molecule is c1ccc(-c2ccc3c(c2)N(c2ccccc2)c2cc(-n4c5ccccc5c5ccccc54)cc4c2B3c2cc([Si](c3ccccc3)(c3ccccc3)c3ccccc3)ccc2N4c2ccc([Si](c3ccccc3)(c3ccccc3)c3ccccc3)cc2)cc1. The third-order valence-corrected chi connectivity index (χ3v) is 28.8. The highest BCUT2D eigenvalue weighted by atomic mass is 28.3. The summed E-state index contributed by atoms with van der Waals surface area (Å²) >= 11 is 0. The number of benzene rings is 14. The van der Waals surface area contributed by atoms with Crippen LogP contribution in [0.1, 0.15) is 0 Å². The van der Waals surface area contributed by atoms with E-state index >= 15 is 0 Å². The second-order valence-electron chi connectivity index (χ2n) is 23.9. The lowest BCUT2D eigenvalue weighted by atomic mass is 9.33. The van der Waals surface area contributed by atoms with Gasteiger partial charge in [-0.05, 0) is 130 Å². The molecule has 3 nitrogen and oxygen atoms in total. The standard InChI is InChI=1S/C84H60BN3Si2/c1-9-29-61(30-10-1)62-49-55-76-81(57-62)87(63-31-11-2-12-32-63)83-59-65(88-78-47-27-25-45-74(78)75-46-26-28-48-79(75)88)58-82-84(83)85(76)77-60-73(90(69-39-19-6-20-40-69,70-41-21-7-22-42-70)71-43-23-8-24-44-71)54-56-80(77)86(82)64-50-52-72(53-51-64)89(66-33-13-3-14-34-66,67-35-15-4-16-36-67)68-37-17-5-18-38-68/h1-60H. The minimum absolute atomic E-state index is 0.171.